The molecule has 4 aromatic rings. The third-order valence-electron chi connectivity index (χ3n) is 6.29. The van der Waals surface area contributed by atoms with Crippen LogP contribution >= 0.6 is 11.6 Å². The first-order valence-electron chi connectivity index (χ1n) is 11.3. The molecule has 176 valence electrons. The second kappa shape index (κ2) is 8.90. The molecule has 0 bridgehead atoms. The van der Waals surface area contributed by atoms with Gasteiger partial charge in [0.25, 0.3) is 5.91 Å². The largest absolute Gasteiger partial charge is 0.441 e. The fraction of sp³-hybridized carbons (Fsp3) is 0.333. The standard InChI is InChI=1S/C24H23ClN4O4S/c25-17-6-7-19(22(14-17)29-16-27-20-4-1-2-5-21(20)29)23-26-15-18(31-23)8-9-24(32-33-24)28-10-3-12-34(30)13-11-28/h1-2,4-7,14-16H,3,8-13H2. The van der Waals surface area contributed by atoms with Gasteiger partial charge in [-0.1, -0.05) is 23.7 Å². The number of imidazole rings is 1. The van der Waals surface area contributed by atoms with E-state index < -0.39 is 16.7 Å². The molecule has 8 nitrogen and oxygen atoms in total. The smallest absolute Gasteiger partial charge is 0.290 e. The van der Waals surface area contributed by atoms with Crippen molar-refractivity contribution in [3.63, 3.8) is 0 Å². The number of aryl methyl sites for hydroxylation is 1. The van der Waals surface area contributed by atoms with Gasteiger partial charge in [-0.15, -0.1) is 0 Å². The fourth-order valence-electron chi connectivity index (χ4n) is 4.44. The predicted octanol–water partition coefficient (Wildman–Crippen LogP) is 4.34. The lowest BCUT2D eigenvalue weighted by Gasteiger charge is -2.22. The first-order chi connectivity index (χ1) is 16.6. The van der Waals surface area contributed by atoms with E-state index in [1.165, 1.54) is 0 Å². The summed E-state index contributed by atoms with van der Waals surface area (Å²) in [5.74, 6) is 1.87. The number of nitrogens with zero attached hydrogens (tertiary/aromatic N) is 4. The van der Waals surface area contributed by atoms with Crippen LogP contribution in [0.1, 0.15) is 18.6 Å². The quantitative estimate of drug-likeness (QED) is 0.288. The van der Waals surface area contributed by atoms with Crippen molar-refractivity contribution < 1.29 is 18.4 Å². The van der Waals surface area contributed by atoms with Crippen molar-refractivity contribution in [2.45, 2.75) is 25.2 Å². The Hall–Kier alpha value is -2.56. The summed E-state index contributed by atoms with van der Waals surface area (Å²) in [4.78, 5) is 22.0. The topological polar surface area (TPSA) is 89.2 Å². The zero-order chi connectivity index (χ0) is 23.1. The van der Waals surface area contributed by atoms with E-state index in [0.717, 1.165) is 46.8 Å². The molecular formula is C24H23ClN4O4S. The number of fused-ring (bicyclic) bond motifs is 1. The van der Waals surface area contributed by atoms with Crippen LogP contribution in [0.25, 0.3) is 28.2 Å². The van der Waals surface area contributed by atoms with Gasteiger partial charge in [-0.3, -0.25) is 8.78 Å². The summed E-state index contributed by atoms with van der Waals surface area (Å²) < 4.78 is 20.0. The minimum absolute atomic E-state index is 0.510. The van der Waals surface area contributed by atoms with E-state index in [1.54, 1.807) is 12.5 Å². The van der Waals surface area contributed by atoms with E-state index >= 15 is 0 Å². The molecule has 10 heteroatoms. The Kier molecular flexibility index (Phi) is 5.74. The number of hydrogen-bond acceptors (Lipinski definition) is 7. The molecule has 0 spiro atoms. The van der Waals surface area contributed by atoms with Crippen molar-refractivity contribution in [1.29, 1.82) is 0 Å². The summed E-state index contributed by atoms with van der Waals surface area (Å²) in [6, 6.07) is 13.6. The molecule has 4 heterocycles. The maximum Gasteiger partial charge on any atom is 0.290 e. The molecule has 1 atom stereocenters. The Bertz CT molecular complexity index is 1370. The summed E-state index contributed by atoms with van der Waals surface area (Å²) in [6.07, 6.45) is 5.60. The molecule has 34 heavy (non-hydrogen) atoms. The summed E-state index contributed by atoms with van der Waals surface area (Å²) in [7, 11) is -0.766. The highest BCUT2D eigenvalue weighted by molar-refractivity contribution is 7.85. The highest BCUT2D eigenvalue weighted by atomic mass is 35.5. The van der Waals surface area contributed by atoms with Gasteiger partial charge in [-0.25, -0.2) is 14.9 Å². The molecule has 2 aliphatic rings. The first kappa shape index (κ1) is 21.9. The Morgan fingerprint density at radius 2 is 1.97 bits per heavy atom. The SMILES string of the molecule is O=S1CCCN(C2(CCc3cnc(-c4ccc(Cl)cc4-n4cnc5ccccc54)o3)OO2)CC1. The van der Waals surface area contributed by atoms with Crippen molar-refractivity contribution in [3.8, 4) is 17.1 Å². The van der Waals surface area contributed by atoms with E-state index in [-0.39, 0.29) is 0 Å². The van der Waals surface area contributed by atoms with Crippen LogP contribution in [-0.2, 0) is 27.0 Å². The Balaban J connectivity index is 1.24. The van der Waals surface area contributed by atoms with E-state index in [2.05, 4.69) is 14.9 Å². The second-order valence-electron chi connectivity index (χ2n) is 8.46. The molecule has 2 aromatic carbocycles. The van der Waals surface area contributed by atoms with Gasteiger partial charge >= 0.3 is 0 Å². The highest BCUT2D eigenvalue weighted by Crippen LogP contribution is 2.39. The van der Waals surface area contributed by atoms with Gasteiger partial charge in [0.2, 0.25) is 5.89 Å². The van der Waals surface area contributed by atoms with Crippen LogP contribution in [0.2, 0.25) is 5.02 Å². The minimum Gasteiger partial charge on any atom is -0.441 e. The van der Waals surface area contributed by atoms with Crippen LogP contribution in [-0.4, -0.2) is 54.2 Å². The van der Waals surface area contributed by atoms with Gasteiger partial charge in [0, 0.05) is 53.3 Å². The molecule has 2 aromatic heterocycles. The third-order valence-corrected chi connectivity index (χ3v) is 7.91. The normalized spacial score (nSPS) is 20.4. The fourth-order valence-corrected chi connectivity index (χ4v) is 5.69. The number of aromatic nitrogens is 3. The molecule has 6 rings (SSSR count). The third kappa shape index (κ3) is 4.18. The molecule has 2 fully saturated rings. The number of halogens is 1. The lowest BCUT2D eigenvalue weighted by Crippen LogP contribution is -2.40. The molecule has 0 amide bonds. The van der Waals surface area contributed by atoms with Gasteiger partial charge in [0.15, 0.2) is 0 Å². The number of benzene rings is 2. The van der Waals surface area contributed by atoms with Gasteiger partial charge in [0.1, 0.15) is 12.1 Å². The minimum atomic E-state index is -0.766. The summed E-state index contributed by atoms with van der Waals surface area (Å²) in [5.41, 5.74) is 3.54. The number of hydrogen-bond donors (Lipinski definition) is 0. The predicted molar refractivity (Wildman–Crippen MR) is 129 cm³/mol. The lowest BCUT2D eigenvalue weighted by molar-refractivity contribution is 0.0753. The van der Waals surface area contributed by atoms with E-state index in [0.29, 0.717) is 36.1 Å². The van der Waals surface area contributed by atoms with E-state index in [4.69, 9.17) is 25.8 Å². The Labute approximate surface area is 203 Å². The number of oxazole rings is 1. The maximum absolute atomic E-state index is 11.9. The molecule has 2 aliphatic heterocycles. The molecule has 0 N–H and O–H groups in total. The van der Waals surface area contributed by atoms with Crippen molar-refractivity contribution in [2.24, 2.45) is 0 Å². The van der Waals surface area contributed by atoms with E-state index in [1.807, 2.05) is 47.0 Å². The number of rotatable bonds is 6. The van der Waals surface area contributed by atoms with Gasteiger partial charge in [-0.05, 0) is 36.8 Å². The molecule has 0 saturated carbocycles. The zero-order valence-corrected chi connectivity index (χ0v) is 19.9. The second-order valence-corrected chi connectivity index (χ2v) is 10.6. The summed E-state index contributed by atoms with van der Waals surface area (Å²) in [6.45, 7) is 1.50. The lowest BCUT2D eigenvalue weighted by atomic mass is 10.1. The first-order valence-corrected chi connectivity index (χ1v) is 13.1. The Morgan fingerprint density at radius 3 is 2.85 bits per heavy atom. The van der Waals surface area contributed by atoms with Gasteiger partial charge < -0.3 is 4.42 Å². The van der Waals surface area contributed by atoms with E-state index in [9.17, 15) is 4.21 Å². The molecule has 2 saturated heterocycles. The van der Waals surface area contributed by atoms with Crippen LogP contribution < -0.4 is 0 Å². The number of para-hydroxylation sites is 2. The maximum atomic E-state index is 11.9. The van der Waals surface area contributed by atoms with Crippen LogP contribution in [0.3, 0.4) is 0 Å². The van der Waals surface area contributed by atoms with Crippen LogP contribution in [0, 0.1) is 0 Å². The van der Waals surface area contributed by atoms with Gasteiger partial charge in [-0.2, -0.15) is 9.78 Å². The van der Waals surface area contributed by atoms with Crippen molar-refractivity contribution >= 4 is 33.4 Å². The molecular weight excluding hydrogens is 476 g/mol. The van der Waals surface area contributed by atoms with Crippen molar-refractivity contribution in [2.75, 3.05) is 24.6 Å². The average Bonchev–Trinajstić information content (AvgIpc) is 3.36. The van der Waals surface area contributed by atoms with Gasteiger partial charge in [0.05, 0.1) is 28.5 Å². The monoisotopic (exact) mass is 498 g/mol. The average molecular weight is 499 g/mol. The summed E-state index contributed by atoms with van der Waals surface area (Å²) >= 11 is 6.34. The van der Waals surface area contributed by atoms with Crippen LogP contribution in [0.5, 0.6) is 0 Å². The van der Waals surface area contributed by atoms with Crippen LogP contribution in [0.4, 0.5) is 0 Å². The van der Waals surface area contributed by atoms with Crippen molar-refractivity contribution in [3.05, 3.63) is 65.8 Å². The zero-order valence-electron chi connectivity index (χ0n) is 18.4. The molecule has 0 aliphatic carbocycles. The molecule has 1 unspecified atom stereocenters. The highest BCUT2D eigenvalue weighted by Gasteiger charge is 2.54. The van der Waals surface area contributed by atoms with Crippen molar-refractivity contribution in [1.82, 2.24) is 19.4 Å². The van der Waals surface area contributed by atoms with Crippen LogP contribution in [0.15, 0.2) is 59.4 Å². The summed E-state index contributed by atoms with van der Waals surface area (Å²) in [5, 5.41) is 0.617. The Morgan fingerprint density at radius 1 is 1.09 bits per heavy atom. The molecule has 0 radical (unpaired) electrons.